The van der Waals surface area contributed by atoms with E-state index < -0.39 is 56.3 Å². The van der Waals surface area contributed by atoms with Crippen molar-refractivity contribution in [2.75, 3.05) is 51.4 Å². The van der Waals surface area contributed by atoms with E-state index in [0.717, 1.165) is 30.9 Å². The van der Waals surface area contributed by atoms with Gasteiger partial charge in [-0.3, -0.25) is 0 Å². The third-order valence-corrected chi connectivity index (χ3v) is 7.76. The van der Waals surface area contributed by atoms with E-state index in [-0.39, 0.29) is 34.6 Å². The minimum absolute atomic E-state index is 0.179. The molecular formula is C24H31NO10S2. The lowest BCUT2D eigenvalue weighted by Crippen LogP contribution is -2.28. The molecule has 1 fully saturated rings. The number of ether oxygens (including phenoxy) is 3. The van der Waals surface area contributed by atoms with E-state index in [4.69, 9.17) is 14.2 Å². The predicted octanol–water partition coefficient (Wildman–Crippen LogP) is 1.24. The lowest BCUT2D eigenvalue weighted by atomic mass is 9.90. The molecule has 1 unspecified atom stereocenters. The molecule has 1 aliphatic heterocycles. The fourth-order valence-electron chi connectivity index (χ4n) is 4.01. The largest absolute Gasteiger partial charge is 0.504 e. The third-order valence-electron chi connectivity index (χ3n) is 5.95. The zero-order valence-electron chi connectivity index (χ0n) is 21.1. The predicted molar refractivity (Wildman–Crippen MR) is 135 cm³/mol. The highest BCUT2D eigenvalue weighted by atomic mass is 32.2. The van der Waals surface area contributed by atoms with Gasteiger partial charge in [-0.15, -0.1) is 0 Å². The van der Waals surface area contributed by atoms with Gasteiger partial charge in [0.15, 0.2) is 31.2 Å². The third kappa shape index (κ3) is 7.71. The average Bonchev–Trinajstić information content (AvgIpc) is 3.59. The van der Waals surface area contributed by atoms with Crippen LogP contribution in [0, 0.1) is 5.92 Å². The molecule has 0 bridgehead atoms. The number of phenolic OH excluding ortho intramolecular Hbond substituents is 1. The minimum Gasteiger partial charge on any atom is -0.504 e. The lowest BCUT2D eigenvalue weighted by Gasteiger charge is -2.32. The molecule has 1 aromatic carbocycles. The summed E-state index contributed by atoms with van der Waals surface area (Å²) in [5, 5.41) is 10.4. The SMILES string of the molecule is COc1cc2c(cc1O)C=C(C(=O)OCCS(C)(=O)=O)C(C(=O)OCCS(C)(=O)=O)=CN(C)C2C1CC1. The molecule has 1 aromatic rings. The number of nitrogens with zero attached hydrogens (tertiary/aromatic N) is 1. The molecule has 2 aliphatic rings. The smallest absolute Gasteiger partial charge is 0.340 e. The topological polar surface area (TPSA) is 154 Å². The van der Waals surface area contributed by atoms with Crippen LogP contribution in [-0.2, 0) is 38.7 Å². The molecule has 1 saturated carbocycles. The Morgan fingerprint density at radius 1 is 0.973 bits per heavy atom. The zero-order valence-corrected chi connectivity index (χ0v) is 22.7. The second kappa shape index (κ2) is 11.1. The maximum atomic E-state index is 13.1. The van der Waals surface area contributed by atoms with Crippen LogP contribution < -0.4 is 4.74 Å². The van der Waals surface area contributed by atoms with E-state index in [1.807, 2.05) is 0 Å². The Balaban J connectivity index is 2.09. The molecule has 11 nitrogen and oxygen atoms in total. The van der Waals surface area contributed by atoms with E-state index in [1.165, 1.54) is 25.5 Å². The zero-order chi connectivity index (χ0) is 27.5. The van der Waals surface area contributed by atoms with Gasteiger partial charge in [-0.2, -0.15) is 0 Å². The normalized spacial score (nSPS) is 18.1. The van der Waals surface area contributed by atoms with Gasteiger partial charge in [-0.1, -0.05) is 0 Å². The first-order valence-electron chi connectivity index (χ1n) is 11.5. The van der Waals surface area contributed by atoms with Gasteiger partial charge in [-0.05, 0) is 48.1 Å². The number of hydrogen-bond acceptors (Lipinski definition) is 11. The van der Waals surface area contributed by atoms with E-state index in [1.54, 1.807) is 18.0 Å². The van der Waals surface area contributed by atoms with Gasteiger partial charge in [0.2, 0.25) is 0 Å². The number of sulfone groups is 2. The summed E-state index contributed by atoms with van der Waals surface area (Å²) in [5.41, 5.74) is 0.769. The first-order chi connectivity index (χ1) is 17.2. The molecule has 0 saturated heterocycles. The van der Waals surface area contributed by atoms with Crippen molar-refractivity contribution < 1.29 is 45.7 Å². The van der Waals surface area contributed by atoms with Crippen LogP contribution >= 0.6 is 0 Å². The number of rotatable bonds is 10. The van der Waals surface area contributed by atoms with Crippen molar-refractivity contribution in [3.8, 4) is 11.5 Å². The number of esters is 2. The summed E-state index contributed by atoms with van der Waals surface area (Å²) in [6, 6.07) is 2.87. The monoisotopic (exact) mass is 557 g/mol. The van der Waals surface area contributed by atoms with Crippen LogP contribution in [0.5, 0.6) is 11.5 Å². The van der Waals surface area contributed by atoms with Crippen molar-refractivity contribution in [1.29, 1.82) is 0 Å². The van der Waals surface area contributed by atoms with Gasteiger partial charge in [0.1, 0.15) is 13.2 Å². The lowest BCUT2D eigenvalue weighted by molar-refractivity contribution is -0.142. The standard InChI is InChI=1S/C24H31NO10S2/c1-25-14-19(24(28)35-8-10-37(4,31)32)18(23(27)34-7-9-36(3,29)30)11-16-12-20(26)21(33-2)13-17(16)22(25)15-5-6-15/h11-15,22,26H,5-10H2,1-4H3. The molecule has 0 spiro atoms. The Labute approximate surface area is 216 Å². The van der Waals surface area contributed by atoms with Crippen LogP contribution in [-0.4, -0.2) is 90.2 Å². The highest BCUT2D eigenvalue weighted by Crippen LogP contribution is 2.48. The van der Waals surface area contributed by atoms with Gasteiger partial charge < -0.3 is 24.2 Å². The summed E-state index contributed by atoms with van der Waals surface area (Å²) in [4.78, 5) is 28.0. The molecule has 1 N–H and O–H groups in total. The molecule has 1 heterocycles. The molecule has 13 heteroatoms. The fraction of sp³-hybridized carbons (Fsp3) is 0.500. The number of carbonyl (C=O) groups excluding carboxylic acids is 2. The summed E-state index contributed by atoms with van der Waals surface area (Å²) in [7, 11) is -3.67. The summed E-state index contributed by atoms with van der Waals surface area (Å²) in [6.07, 6.45) is 6.69. The number of fused-ring (bicyclic) bond motifs is 1. The van der Waals surface area contributed by atoms with Gasteiger partial charge in [-0.25, -0.2) is 26.4 Å². The minimum atomic E-state index is -3.42. The van der Waals surface area contributed by atoms with Crippen LogP contribution in [0.1, 0.15) is 30.0 Å². The molecule has 37 heavy (non-hydrogen) atoms. The summed E-state index contributed by atoms with van der Waals surface area (Å²) < 4.78 is 61.5. The van der Waals surface area contributed by atoms with Gasteiger partial charge in [0.25, 0.3) is 0 Å². The number of phenols is 1. The molecular weight excluding hydrogens is 526 g/mol. The molecule has 3 rings (SSSR count). The van der Waals surface area contributed by atoms with Gasteiger partial charge in [0.05, 0.1) is 35.8 Å². The van der Waals surface area contributed by atoms with E-state index in [0.29, 0.717) is 5.56 Å². The Morgan fingerprint density at radius 3 is 2.00 bits per heavy atom. The summed E-state index contributed by atoms with van der Waals surface area (Å²) in [5.74, 6) is -2.43. The Kier molecular flexibility index (Phi) is 8.58. The second-order valence-electron chi connectivity index (χ2n) is 9.23. The molecule has 204 valence electrons. The van der Waals surface area contributed by atoms with Gasteiger partial charge >= 0.3 is 11.9 Å². The number of aromatic hydroxyl groups is 1. The molecule has 0 radical (unpaired) electrons. The van der Waals surface area contributed by atoms with Crippen LogP contribution in [0.2, 0.25) is 0 Å². The van der Waals surface area contributed by atoms with Crippen molar-refractivity contribution in [1.82, 2.24) is 4.90 Å². The quantitative estimate of drug-likeness (QED) is 0.413. The highest BCUT2D eigenvalue weighted by Gasteiger charge is 2.38. The van der Waals surface area contributed by atoms with Crippen LogP contribution in [0.3, 0.4) is 0 Å². The van der Waals surface area contributed by atoms with Gasteiger partial charge in [0, 0.05) is 25.8 Å². The maximum absolute atomic E-state index is 13.1. The van der Waals surface area contributed by atoms with E-state index in [9.17, 15) is 31.5 Å². The number of methoxy groups -OCH3 is 1. The maximum Gasteiger partial charge on any atom is 0.340 e. The van der Waals surface area contributed by atoms with Crippen LogP contribution in [0.4, 0.5) is 0 Å². The first kappa shape index (κ1) is 28.5. The fourth-order valence-corrected chi connectivity index (χ4v) is 4.78. The van der Waals surface area contributed by atoms with Crippen molar-refractivity contribution >= 4 is 37.7 Å². The number of hydrogen-bond donors (Lipinski definition) is 1. The number of benzene rings is 1. The highest BCUT2D eigenvalue weighted by molar-refractivity contribution is 7.90. The van der Waals surface area contributed by atoms with Crippen molar-refractivity contribution in [3.63, 3.8) is 0 Å². The first-order valence-corrected chi connectivity index (χ1v) is 15.6. The van der Waals surface area contributed by atoms with Crippen molar-refractivity contribution in [3.05, 3.63) is 40.6 Å². The molecule has 1 aliphatic carbocycles. The molecule has 0 amide bonds. The van der Waals surface area contributed by atoms with Crippen molar-refractivity contribution in [2.45, 2.75) is 18.9 Å². The summed E-state index contributed by atoms with van der Waals surface area (Å²) >= 11 is 0. The van der Waals surface area contributed by atoms with E-state index >= 15 is 0 Å². The summed E-state index contributed by atoms with van der Waals surface area (Å²) in [6.45, 7) is -0.859. The number of carbonyl (C=O) groups is 2. The van der Waals surface area contributed by atoms with Crippen LogP contribution in [0.25, 0.3) is 6.08 Å². The van der Waals surface area contributed by atoms with Crippen LogP contribution in [0.15, 0.2) is 29.5 Å². The van der Waals surface area contributed by atoms with E-state index in [2.05, 4.69) is 0 Å². The Bertz CT molecular complexity index is 1340. The Morgan fingerprint density at radius 2 is 1.51 bits per heavy atom. The second-order valence-corrected chi connectivity index (χ2v) is 13.8. The Hall–Kier alpha value is -3.06. The average molecular weight is 558 g/mol. The molecule has 0 aromatic heterocycles. The van der Waals surface area contributed by atoms with Crippen molar-refractivity contribution in [2.24, 2.45) is 5.92 Å². The molecule has 1 atom stereocenters.